The first-order valence-electron chi connectivity index (χ1n) is 6.90. The minimum absolute atomic E-state index is 0.191. The number of rotatable bonds is 3. The minimum Gasteiger partial charge on any atom is -0.321 e. The van der Waals surface area contributed by atoms with E-state index in [0.717, 1.165) is 0 Å². The van der Waals surface area contributed by atoms with Crippen LogP contribution in [-0.2, 0) is 7.05 Å². The zero-order valence-corrected chi connectivity index (χ0v) is 12.3. The highest BCUT2D eigenvalue weighted by Gasteiger charge is 2.14. The minimum atomic E-state index is -0.421. The molecule has 0 bridgehead atoms. The fourth-order valence-corrected chi connectivity index (χ4v) is 2.22. The van der Waals surface area contributed by atoms with Crippen LogP contribution >= 0.6 is 0 Å². The number of amides is 1. The molecule has 1 N–H and O–H groups in total. The van der Waals surface area contributed by atoms with Crippen molar-refractivity contribution in [1.29, 1.82) is 0 Å². The van der Waals surface area contributed by atoms with Crippen molar-refractivity contribution in [2.75, 3.05) is 5.32 Å². The average Bonchev–Trinajstić information content (AvgIpc) is 2.92. The van der Waals surface area contributed by atoms with E-state index >= 15 is 0 Å². The summed E-state index contributed by atoms with van der Waals surface area (Å²) in [7, 11) is 1.68. The van der Waals surface area contributed by atoms with Crippen molar-refractivity contribution >= 4 is 11.6 Å². The number of halogens is 2. The summed E-state index contributed by atoms with van der Waals surface area (Å²) < 4.78 is 27.7. The van der Waals surface area contributed by atoms with E-state index in [0.29, 0.717) is 16.9 Å². The third-order valence-electron chi connectivity index (χ3n) is 3.33. The Balaban J connectivity index is 1.85. The van der Waals surface area contributed by atoms with Crippen LogP contribution in [0.1, 0.15) is 10.5 Å². The van der Waals surface area contributed by atoms with E-state index in [-0.39, 0.29) is 17.3 Å². The van der Waals surface area contributed by atoms with Crippen molar-refractivity contribution < 1.29 is 13.6 Å². The lowest BCUT2D eigenvalue weighted by Crippen LogP contribution is -2.12. The molecule has 2 aromatic carbocycles. The molecule has 0 aliphatic rings. The molecule has 4 nitrogen and oxygen atoms in total. The Morgan fingerprint density at radius 3 is 2.48 bits per heavy atom. The molecule has 0 unspecified atom stereocenters. The van der Waals surface area contributed by atoms with Crippen molar-refractivity contribution in [2.45, 2.75) is 0 Å². The number of nitrogens with zero attached hydrogens (tertiary/aromatic N) is 2. The van der Waals surface area contributed by atoms with Crippen molar-refractivity contribution in [3.05, 3.63) is 71.9 Å². The molecule has 116 valence electrons. The highest BCUT2D eigenvalue weighted by Crippen LogP contribution is 2.21. The van der Waals surface area contributed by atoms with Gasteiger partial charge in [-0.15, -0.1) is 0 Å². The van der Waals surface area contributed by atoms with Crippen molar-refractivity contribution in [2.24, 2.45) is 7.05 Å². The molecule has 0 spiro atoms. The maximum Gasteiger partial charge on any atom is 0.276 e. The maximum absolute atomic E-state index is 13.3. The Morgan fingerprint density at radius 2 is 1.78 bits per heavy atom. The van der Waals surface area contributed by atoms with Crippen LogP contribution in [0.2, 0.25) is 0 Å². The average molecular weight is 313 g/mol. The number of hydrogen-bond acceptors (Lipinski definition) is 2. The molecule has 0 atom stereocenters. The second kappa shape index (κ2) is 6.00. The van der Waals surface area contributed by atoms with Crippen LogP contribution in [0.15, 0.2) is 54.6 Å². The van der Waals surface area contributed by atoms with Gasteiger partial charge in [-0.1, -0.05) is 12.1 Å². The fourth-order valence-electron chi connectivity index (χ4n) is 2.22. The normalized spacial score (nSPS) is 10.6. The standard InChI is InChI=1S/C17H13F2N3O/c1-22-16(11-3-2-4-13(19)9-11)10-15(21-22)17(23)20-14-7-5-12(18)6-8-14/h2-10H,1H3,(H,20,23). The molecule has 3 aromatic rings. The topological polar surface area (TPSA) is 46.9 Å². The molecule has 1 heterocycles. The van der Waals surface area contributed by atoms with Gasteiger partial charge in [-0.25, -0.2) is 8.78 Å². The van der Waals surface area contributed by atoms with Gasteiger partial charge in [0.15, 0.2) is 5.69 Å². The van der Waals surface area contributed by atoms with Gasteiger partial charge in [-0.05, 0) is 42.5 Å². The van der Waals surface area contributed by atoms with Crippen molar-refractivity contribution in [3.8, 4) is 11.3 Å². The van der Waals surface area contributed by atoms with E-state index < -0.39 is 5.91 Å². The zero-order valence-electron chi connectivity index (χ0n) is 12.3. The Hall–Kier alpha value is -3.02. The van der Waals surface area contributed by atoms with E-state index in [4.69, 9.17) is 0 Å². The Labute approximate surface area is 131 Å². The molecule has 0 radical (unpaired) electrons. The van der Waals surface area contributed by atoms with Gasteiger partial charge in [0, 0.05) is 18.3 Å². The van der Waals surface area contributed by atoms with Gasteiger partial charge in [-0.2, -0.15) is 5.10 Å². The number of anilines is 1. The number of carbonyl (C=O) groups is 1. The fraction of sp³-hybridized carbons (Fsp3) is 0.0588. The summed E-state index contributed by atoms with van der Waals surface area (Å²) in [6.07, 6.45) is 0. The van der Waals surface area contributed by atoms with E-state index in [1.807, 2.05) is 0 Å². The Morgan fingerprint density at radius 1 is 1.04 bits per heavy atom. The summed E-state index contributed by atoms with van der Waals surface area (Å²) >= 11 is 0. The second-order valence-electron chi connectivity index (χ2n) is 5.01. The quantitative estimate of drug-likeness (QED) is 0.803. The maximum atomic E-state index is 13.3. The molecule has 0 fully saturated rings. The van der Waals surface area contributed by atoms with Gasteiger partial charge in [0.05, 0.1) is 5.69 Å². The predicted octanol–water partition coefficient (Wildman–Crippen LogP) is 3.62. The Kier molecular flexibility index (Phi) is 3.89. The highest BCUT2D eigenvalue weighted by atomic mass is 19.1. The highest BCUT2D eigenvalue weighted by molar-refractivity contribution is 6.03. The lowest BCUT2D eigenvalue weighted by molar-refractivity contribution is 0.102. The number of nitrogens with one attached hydrogen (secondary N) is 1. The Bertz CT molecular complexity index is 857. The van der Waals surface area contributed by atoms with Crippen molar-refractivity contribution in [1.82, 2.24) is 9.78 Å². The summed E-state index contributed by atoms with van der Waals surface area (Å²) in [6.45, 7) is 0. The first-order valence-corrected chi connectivity index (χ1v) is 6.90. The van der Waals surface area contributed by atoms with E-state index in [1.54, 1.807) is 25.2 Å². The molecule has 1 amide bonds. The smallest absolute Gasteiger partial charge is 0.276 e. The van der Waals surface area contributed by atoms with Gasteiger partial charge in [0.1, 0.15) is 11.6 Å². The van der Waals surface area contributed by atoms with Crippen LogP contribution in [0.25, 0.3) is 11.3 Å². The van der Waals surface area contributed by atoms with E-state index in [2.05, 4.69) is 10.4 Å². The van der Waals surface area contributed by atoms with E-state index in [9.17, 15) is 13.6 Å². The molecule has 0 aliphatic heterocycles. The van der Waals surface area contributed by atoms with Gasteiger partial charge in [-0.3, -0.25) is 9.48 Å². The molecule has 0 saturated carbocycles. The van der Waals surface area contributed by atoms with Gasteiger partial charge in [0.2, 0.25) is 0 Å². The van der Waals surface area contributed by atoms with Crippen LogP contribution in [-0.4, -0.2) is 15.7 Å². The molecular formula is C17H13F2N3O. The molecule has 6 heteroatoms. The SMILES string of the molecule is Cn1nc(C(=O)Nc2ccc(F)cc2)cc1-c1cccc(F)c1. The first kappa shape index (κ1) is 14.9. The van der Waals surface area contributed by atoms with E-state index in [1.165, 1.54) is 41.1 Å². The molecule has 0 aliphatic carbocycles. The number of aryl methyl sites for hydroxylation is 1. The lowest BCUT2D eigenvalue weighted by Gasteiger charge is -2.02. The first-order chi connectivity index (χ1) is 11.0. The summed E-state index contributed by atoms with van der Waals surface area (Å²) in [4.78, 5) is 12.2. The summed E-state index contributed by atoms with van der Waals surface area (Å²) in [5.41, 5.74) is 1.90. The zero-order chi connectivity index (χ0) is 16.4. The third-order valence-corrected chi connectivity index (χ3v) is 3.33. The van der Waals surface area contributed by atoms with Gasteiger partial charge >= 0.3 is 0 Å². The van der Waals surface area contributed by atoms with Crippen molar-refractivity contribution in [3.63, 3.8) is 0 Å². The largest absolute Gasteiger partial charge is 0.321 e. The summed E-state index contributed by atoms with van der Waals surface area (Å²) in [5.74, 6) is -1.16. The molecular weight excluding hydrogens is 300 g/mol. The van der Waals surface area contributed by atoms with Crippen LogP contribution < -0.4 is 5.32 Å². The third kappa shape index (κ3) is 3.26. The summed E-state index contributed by atoms with van der Waals surface area (Å²) in [5, 5.41) is 6.77. The van der Waals surface area contributed by atoms with Crippen LogP contribution in [0.3, 0.4) is 0 Å². The van der Waals surface area contributed by atoms with Crippen LogP contribution in [0.5, 0.6) is 0 Å². The predicted molar refractivity (Wildman–Crippen MR) is 83.0 cm³/mol. The molecule has 3 rings (SSSR count). The molecule has 23 heavy (non-hydrogen) atoms. The summed E-state index contributed by atoms with van der Waals surface area (Å²) in [6, 6.07) is 13.1. The lowest BCUT2D eigenvalue weighted by atomic mass is 10.1. The second-order valence-corrected chi connectivity index (χ2v) is 5.01. The molecule has 1 aromatic heterocycles. The number of aromatic nitrogens is 2. The molecule has 0 saturated heterocycles. The number of hydrogen-bond donors (Lipinski definition) is 1. The van der Waals surface area contributed by atoms with Crippen LogP contribution in [0.4, 0.5) is 14.5 Å². The van der Waals surface area contributed by atoms with Gasteiger partial charge in [0.25, 0.3) is 5.91 Å². The van der Waals surface area contributed by atoms with Gasteiger partial charge < -0.3 is 5.32 Å². The monoisotopic (exact) mass is 313 g/mol. The number of carbonyl (C=O) groups excluding carboxylic acids is 1. The number of benzene rings is 2. The van der Waals surface area contributed by atoms with Crippen LogP contribution in [0, 0.1) is 11.6 Å².